The highest BCUT2D eigenvalue weighted by Gasteiger charge is 2.48. The summed E-state index contributed by atoms with van der Waals surface area (Å²) in [7, 11) is 0. The summed E-state index contributed by atoms with van der Waals surface area (Å²) in [5.74, 6) is 1.89. The fraction of sp³-hybridized carbons (Fsp3) is 0.765. The normalized spacial score (nSPS) is 35.2. The molecule has 4 bridgehead atoms. The molecule has 4 fully saturated rings. The summed E-state index contributed by atoms with van der Waals surface area (Å²) >= 11 is 0. The molecule has 0 heterocycles. The number of rotatable bonds is 6. The predicted octanol–water partition coefficient (Wildman–Crippen LogP) is 2.45. The molecular weight excluding hydrogens is 284 g/mol. The van der Waals surface area contributed by atoms with Crippen molar-refractivity contribution in [3.05, 3.63) is 12.2 Å². The van der Waals surface area contributed by atoms with E-state index in [1.54, 1.807) is 0 Å². The first-order chi connectivity index (χ1) is 10.5. The fourth-order valence-electron chi connectivity index (χ4n) is 4.62. The summed E-state index contributed by atoms with van der Waals surface area (Å²) in [6, 6.07) is 0. The first kappa shape index (κ1) is 15.5. The number of hydrogen-bond acceptors (Lipinski definition) is 5. The van der Waals surface area contributed by atoms with Crippen LogP contribution in [-0.2, 0) is 23.8 Å². The Morgan fingerprint density at radius 2 is 1.59 bits per heavy atom. The van der Waals surface area contributed by atoms with Crippen LogP contribution >= 0.6 is 0 Å². The molecule has 122 valence electrons. The highest BCUT2D eigenvalue weighted by Crippen LogP contribution is 2.54. The topological polar surface area (TPSA) is 61.8 Å². The molecule has 0 aromatic rings. The summed E-state index contributed by atoms with van der Waals surface area (Å²) in [6.45, 7) is 4.54. The molecule has 5 heteroatoms. The second-order valence-corrected chi connectivity index (χ2v) is 7.05. The standard InChI is InChI=1S/C17H24O5/c1-10(2)17(19)20-8-15(18)21-9-22-16-13-4-11-3-12(6-13)7-14(16)5-11/h11-14,16H,1,3-9H2,2H3. The maximum Gasteiger partial charge on any atom is 0.346 e. The molecular formula is C17H24O5. The summed E-state index contributed by atoms with van der Waals surface area (Å²) in [5.41, 5.74) is 0.262. The van der Waals surface area contributed by atoms with E-state index in [2.05, 4.69) is 6.58 Å². The van der Waals surface area contributed by atoms with Crippen LogP contribution in [0, 0.1) is 23.7 Å². The minimum atomic E-state index is -0.585. The minimum Gasteiger partial charge on any atom is -0.450 e. The first-order valence-electron chi connectivity index (χ1n) is 8.12. The van der Waals surface area contributed by atoms with Gasteiger partial charge in [0.05, 0.1) is 6.10 Å². The van der Waals surface area contributed by atoms with E-state index < -0.39 is 18.5 Å². The second kappa shape index (κ2) is 6.41. The van der Waals surface area contributed by atoms with Gasteiger partial charge in [-0.25, -0.2) is 9.59 Å². The fourth-order valence-corrected chi connectivity index (χ4v) is 4.62. The summed E-state index contributed by atoms with van der Waals surface area (Å²) in [5, 5.41) is 0. The monoisotopic (exact) mass is 308 g/mol. The highest BCUT2D eigenvalue weighted by molar-refractivity contribution is 5.88. The summed E-state index contributed by atoms with van der Waals surface area (Å²) in [6.07, 6.45) is 6.70. The van der Waals surface area contributed by atoms with Crippen molar-refractivity contribution < 1.29 is 23.8 Å². The van der Waals surface area contributed by atoms with Crippen LogP contribution in [0.4, 0.5) is 0 Å². The lowest BCUT2D eigenvalue weighted by molar-refractivity contribution is -0.190. The van der Waals surface area contributed by atoms with Crippen molar-refractivity contribution in [3.8, 4) is 0 Å². The van der Waals surface area contributed by atoms with Crippen molar-refractivity contribution in [1.82, 2.24) is 0 Å². The molecule has 4 saturated carbocycles. The van der Waals surface area contributed by atoms with Gasteiger partial charge in [0.25, 0.3) is 0 Å². The molecule has 0 aromatic heterocycles. The Bertz CT molecular complexity index is 442. The Labute approximate surface area is 131 Å². The van der Waals surface area contributed by atoms with Crippen LogP contribution in [0.1, 0.15) is 39.0 Å². The molecule has 0 N–H and O–H groups in total. The van der Waals surface area contributed by atoms with Crippen LogP contribution in [0.3, 0.4) is 0 Å². The van der Waals surface area contributed by atoms with Gasteiger partial charge in [0, 0.05) is 5.57 Å². The van der Waals surface area contributed by atoms with Crippen LogP contribution < -0.4 is 0 Å². The average molecular weight is 308 g/mol. The lowest BCUT2D eigenvalue weighted by atomic mass is 9.55. The average Bonchev–Trinajstić information content (AvgIpc) is 2.46. The van der Waals surface area contributed by atoms with Gasteiger partial charge in [-0.15, -0.1) is 0 Å². The Kier molecular flexibility index (Phi) is 4.52. The van der Waals surface area contributed by atoms with Crippen molar-refractivity contribution in [1.29, 1.82) is 0 Å². The summed E-state index contributed by atoms with van der Waals surface area (Å²) < 4.78 is 15.6. The van der Waals surface area contributed by atoms with Crippen LogP contribution in [0.2, 0.25) is 0 Å². The van der Waals surface area contributed by atoms with Crippen molar-refractivity contribution in [2.75, 3.05) is 13.4 Å². The highest BCUT2D eigenvalue weighted by atomic mass is 16.7. The van der Waals surface area contributed by atoms with Crippen molar-refractivity contribution in [2.24, 2.45) is 23.7 Å². The van der Waals surface area contributed by atoms with E-state index in [1.807, 2.05) is 0 Å². The van der Waals surface area contributed by atoms with Crippen LogP contribution in [0.25, 0.3) is 0 Å². The molecule has 0 atom stereocenters. The molecule has 0 unspecified atom stereocenters. The van der Waals surface area contributed by atoms with Gasteiger partial charge in [-0.1, -0.05) is 6.58 Å². The van der Waals surface area contributed by atoms with Gasteiger partial charge in [0.1, 0.15) is 0 Å². The van der Waals surface area contributed by atoms with Gasteiger partial charge in [0.2, 0.25) is 0 Å². The van der Waals surface area contributed by atoms with Crippen LogP contribution in [0.5, 0.6) is 0 Å². The lowest BCUT2D eigenvalue weighted by Crippen LogP contribution is -2.49. The minimum absolute atomic E-state index is 0.0452. The molecule has 0 spiro atoms. The smallest absolute Gasteiger partial charge is 0.346 e. The Hall–Kier alpha value is -1.36. The van der Waals surface area contributed by atoms with E-state index >= 15 is 0 Å². The van der Waals surface area contributed by atoms with Crippen molar-refractivity contribution >= 4 is 11.9 Å². The van der Waals surface area contributed by atoms with Crippen LogP contribution in [0.15, 0.2) is 12.2 Å². The zero-order chi connectivity index (χ0) is 15.7. The Morgan fingerprint density at radius 3 is 2.14 bits per heavy atom. The SMILES string of the molecule is C=C(C)C(=O)OCC(=O)OCOC1C2CC3CC(C2)CC1C3. The quantitative estimate of drug-likeness (QED) is 0.428. The molecule has 0 aliphatic heterocycles. The zero-order valence-corrected chi connectivity index (χ0v) is 13.1. The van der Waals surface area contributed by atoms with Crippen molar-refractivity contribution in [2.45, 2.75) is 45.1 Å². The number of hydrogen-bond donors (Lipinski definition) is 0. The molecule has 0 saturated heterocycles. The number of carbonyl (C=O) groups excluding carboxylic acids is 2. The van der Waals surface area contributed by atoms with E-state index in [4.69, 9.17) is 14.2 Å². The van der Waals surface area contributed by atoms with E-state index in [0.717, 1.165) is 11.8 Å². The third-order valence-corrected chi connectivity index (χ3v) is 5.29. The van der Waals surface area contributed by atoms with E-state index in [9.17, 15) is 9.59 Å². The molecule has 0 amide bonds. The van der Waals surface area contributed by atoms with Gasteiger partial charge < -0.3 is 14.2 Å². The lowest BCUT2D eigenvalue weighted by Gasteiger charge is -2.53. The largest absolute Gasteiger partial charge is 0.450 e. The third-order valence-electron chi connectivity index (χ3n) is 5.29. The first-order valence-corrected chi connectivity index (χ1v) is 8.12. The van der Waals surface area contributed by atoms with Gasteiger partial charge in [-0.2, -0.15) is 0 Å². The maximum atomic E-state index is 11.5. The molecule has 4 rings (SSSR count). The third kappa shape index (κ3) is 3.35. The number of carbonyl (C=O) groups is 2. The molecule has 0 radical (unpaired) electrons. The Balaban J connectivity index is 1.37. The Morgan fingerprint density at radius 1 is 1.00 bits per heavy atom. The maximum absolute atomic E-state index is 11.5. The molecule has 4 aliphatic rings. The van der Waals surface area contributed by atoms with Gasteiger partial charge in [-0.3, -0.25) is 0 Å². The van der Waals surface area contributed by atoms with Crippen LogP contribution in [-0.4, -0.2) is 31.4 Å². The summed E-state index contributed by atoms with van der Waals surface area (Å²) in [4.78, 5) is 22.7. The van der Waals surface area contributed by atoms with E-state index in [0.29, 0.717) is 11.8 Å². The van der Waals surface area contributed by atoms with Gasteiger partial charge in [-0.05, 0) is 62.7 Å². The molecule has 5 nitrogen and oxygen atoms in total. The number of esters is 2. The van der Waals surface area contributed by atoms with Gasteiger partial charge >= 0.3 is 11.9 Å². The van der Waals surface area contributed by atoms with Crippen molar-refractivity contribution in [3.63, 3.8) is 0 Å². The molecule has 0 aromatic carbocycles. The second-order valence-electron chi connectivity index (χ2n) is 7.05. The molecule has 4 aliphatic carbocycles. The molecule has 22 heavy (non-hydrogen) atoms. The van der Waals surface area contributed by atoms with E-state index in [1.165, 1.54) is 39.0 Å². The van der Waals surface area contributed by atoms with E-state index in [-0.39, 0.29) is 18.5 Å². The number of ether oxygens (including phenoxy) is 3. The zero-order valence-electron chi connectivity index (χ0n) is 13.1. The van der Waals surface area contributed by atoms with Gasteiger partial charge in [0.15, 0.2) is 13.4 Å². The predicted molar refractivity (Wildman–Crippen MR) is 78.7 cm³/mol.